The van der Waals surface area contributed by atoms with E-state index >= 15 is 0 Å². The molecule has 94 valence electrons. The summed E-state index contributed by atoms with van der Waals surface area (Å²) in [5.74, 6) is 0.734. The molecule has 1 N–H and O–H groups in total. The van der Waals surface area contributed by atoms with Crippen LogP contribution in [0.15, 0.2) is 24.3 Å². The minimum absolute atomic E-state index is 0.734. The first kappa shape index (κ1) is 14.0. The Morgan fingerprint density at radius 2 is 2.00 bits per heavy atom. The Morgan fingerprint density at radius 1 is 1.24 bits per heavy atom. The molecule has 0 aromatic heterocycles. The maximum atomic E-state index is 3.45. The monoisotopic (exact) mass is 231 g/mol. The summed E-state index contributed by atoms with van der Waals surface area (Å²) in [7, 11) is 0. The number of hydrogen-bond donors (Lipinski definition) is 1. The molecule has 1 aromatic rings. The van der Waals surface area contributed by atoms with E-state index in [4.69, 9.17) is 0 Å². The molecule has 1 heteroatoms. The van der Waals surface area contributed by atoms with Crippen molar-refractivity contribution in [2.45, 2.75) is 34.1 Å². The van der Waals surface area contributed by atoms with E-state index in [1.54, 1.807) is 0 Å². The number of nitrogens with one attached hydrogen (secondary N) is 1. The summed E-state index contributed by atoms with van der Waals surface area (Å²) in [6.45, 7) is 11.0. The van der Waals surface area contributed by atoms with Crippen molar-refractivity contribution in [1.82, 2.24) is 5.32 Å². The van der Waals surface area contributed by atoms with Crippen LogP contribution in [0.2, 0.25) is 0 Å². The average Bonchev–Trinajstić information content (AvgIpc) is 2.27. The number of rotatable bonds is 6. The summed E-state index contributed by atoms with van der Waals surface area (Å²) < 4.78 is 0. The first-order chi connectivity index (χ1) is 8.09. The highest BCUT2D eigenvalue weighted by atomic mass is 14.8. The maximum Gasteiger partial charge on any atom is -0.00140 e. The maximum absolute atomic E-state index is 3.45. The molecule has 0 unspecified atom stereocenters. The van der Waals surface area contributed by atoms with E-state index in [9.17, 15) is 0 Å². The Balaban J connectivity index is 2.35. The highest BCUT2D eigenvalue weighted by molar-refractivity contribution is 5.54. The van der Waals surface area contributed by atoms with Crippen LogP contribution in [0.3, 0.4) is 0 Å². The van der Waals surface area contributed by atoms with Crippen molar-refractivity contribution in [2.75, 3.05) is 13.1 Å². The minimum atomic E-state index is 0.734. The van der Waals surface area contributed by atoms with Gasteiger partial charge in [0, 0.05) is 0 Å². The third-order valence-corrected chi connectivity index (χ3v) is 2.77. The second kappa shape index (κ2) is 7.29. The van der Waals surface area contributed by atoms with Crippen LogP contribution in [0.25, 0.3) is 6.08 Å². The molecule has 1 rings (SSSR count). The standard InChI is InChI=1S/C16H25N/c1-13(2)12-17-10-6-5-7-16-11-14(3)8-9-15(16)4/h5,7-9,11,13,17H,6,10,12H2,1-4H3. The normalized spacial score (nSPS) is 11.6. The van der Waals surface area contributed by atoms with Crippen molar-refractivity contribution in [1.29, 1.82) is 0 Å². The van der Waals surface area contributed by atoms with Crippen LogP contribution >= 0.6 is 0 Å². The van der Waals surface area contributed by atoms with Gasteiger partial charge in [-0.05, 0) is 50.4 Å². The van der Waals surface area contributed by atoms with Gasteiger partial charge in [0.05, 0.1) is 0 Å². The van der Waals surface area contributed by atoms with E-state index < -0.39 is 0 Å². The Labute approximate surface area is 106 Å². The van der Waals surface area contributed by atoms with E-state index in [1.165, 1.54) is 16.7 Å². The zero-order chi connectivity index (χ0) is 12.7. The van der Waals surface area contributed by atoms with Crippen molar-refractivity contribution in [3.8, 4) is 0 Å². The highest BCUT2D eigenvalue weighted by Crippen LogP contribution is 2.12. The third kappa shape index (κ3) is 5.69. The summed E-state index contributed by atoms with van der Waals surface area (Å²) >= 11 is 0. The van der Waals surface area contributed by atoms with Gasteiger partial charge in [0.15, 0.2) is 0 Å². The first-order valence-electron chi connectivity index (χ1n) is 6.54. The van der Waals surface area contributed by atoms with Crippen LogP contribution in [-0.4, -0.2) is 13.1 Å². The van der Waals surface area contributed by atoms with Crippen LogP contribution in [0, 0.1) is 19.8 Å². The lowest BCUT2D eigenvalue weighted by molar-refractivity contribution is 0.557. The molecule has 0 radical (unpaired) electrons. The fourth-order valence-corrected chi connectivity index (χ4v) is 1.73. The fourth-order valence-electron chi connectivity index (χ4n) is 1.73. The van der Waals surface area contributed by atoms with Crippen LogP contribution in [-0.2, 0) is 0 Å². The largest absolute Gasteiger partial charge is 0.316 e. The molecule has 0 heterocycles. The van der Waals surface area contributed by atoms with Crippen molar-refractivity contribution < 1.29 is 0 Å². The zero-order valence-corrected chi connectivity index (χ0v) is 11.6. The molecule has 0 saturated heterocycles. The van der Waals surface area contributed by atoms with Gasteiger partial charge < -0.3 is 5.32 Å². The molecule has 1 aromatic carbocycles. The van der Waals surface area contributed by atoms with Gasteiger partial charge >= 0.3 is 0 Å². The first-order valence-corrected chi connectivity index (χ1v) is 6.54. The lowest BCUT2D eigenvalue weighted by Crippen LogP contribution is -2.20. The smallest absolute Gasteiger partial charge is 0.00140 e. The third-order valence-electron chi connectivity index (χ3n) is 2.77. The topological polar surface area (TPSA) is 12.0 Å². The van der Waals surface area contributed by atoms with E-state index in [0.717, 1.165) is 25.4 Å². The van der Waals surface area contributed by atoms with Crippen LogP contribution in [0.4, 0.5) is 0 Å². The molecule has 0 atom stereocenters. The second-order valence-electron chi connectivity index (χ2n) is 5.15. The van der Waals surface area contributed by atoms with E-state index in [0.29, 0.717) is 0 Å². The Morgan fingerprint density at radius 3 is 2.71 bits per heavy atom. The molecule has 0 saturated carbocycles. The van der Waals surface area contributed by atoms with Crippen molar-refractivity contribution in [3.63, 3.8) is 0 Å². The summed E-state index contributed by atoms with van der Waals surface area (Å²) in [6, 6.07) is 6.59. The van der Waals surface area contributed by atoms with Gasteiger partial charge in [-0.3, -0.25) is 0 Å². The van der Waals surface area contributed by atoms with E-state index in [2.05, 4.69) is 63.4 Å². The van der Waals surface area contributed by atoms with Gasteiger partial charge in [-0.1, -0.05) is 49.8 Å². The lowest BCUT2D eigenvalue weighted by atomic mass is 10.1. The SMILES string of the molecule is Cc1ccc(C)c(C=CCCNCC(C)C)c1. The predicted molar refractivity (Wildman–Crippen MR) is 77.3 cm³/mol. The minimum Gasteiger partial charge on any atom is -0.316 e. The molecule has 0 bridgehead atoms. The van der Waals surface area contributed by atoms with Gasteiger partial charge in [0.1, 0.15) is 0 Å². The van der Waals surface area contributed by atoms with Gasteiger partial charge in [-0.25, -0.2) is 0 Å². The molecule has 0 aliphatic heterocycles. The summed E-state index contributed by atoms with van der Waals surface area (Å²) in [5, 5.41) is 3.45. The Hall–Kier alpha value is -1.08. The van der Waals surface area contributed by atoms with E-state index in [-0.39, 0.29) is 0 Å². The molecule has 17 heavy (non-hydrogen) atoms. The molecule has 0 aliphatic carbocycles. The molecular weight excluding hydrogens is 206 g/mol. The van der Waals surface area contributed by atoms with E-state index in [1.807, 2.05) is 0 Å². The van der Waals surface area contributed by atoms with Crippen molar-refractivity contribution in [2.24, 2.45) is 5.92 Å². The lowest BCUT2D eigenvalue weighted by Gasteiger charge is -2.05. The van der Waals surface area contributed by atoms with Gasteiger partial charge in [-0.2, -0.15) is 0 Å². The van der Waals surface area contributed by atoms with Crippen LogP contribution in [0.1, 0.15) is 37.0 Å². The van der Waals surface area contributed by atoms with Gasteiger partial charge in [0.25, 0.3) is 0 Å². The number of aryl methyl sites for hydroxylation is 2. The van der Waals surface area contributed by atoms with Crippen LogP contribution in [0.5, 0.6) is 0 Å². The molecule has 0 fully saturated rings. The molecule has 0 amide bonds. The second-order valence-corrected chi connectivity index (χ2v) is 5.15. The number of benzene rings is 1. The number of hydrogen-bond acceptors (Lipinski definition) is 1. The Bertz CT molecular complexity index is 364. The van der Waals surface area contributed by atoms with Gasteiger partial charge in [-0.15, -0.1) is 0 Å². The zero-order valence-electron chi connectivity index (χ0n) is 11.6. The summed E-state index contributed by atoms with van der Waals surface area (Å²) in [5.41, 5.74) is 4.02. The summed E-state index contributed by atoms with van der Waals surface area (Å²) in [6.07, 6.45) is 5.59. The quantitative estimate of drug-likeness (QED) is 0.731. The van der Waals surface area contributed by atoms with Crippen molar-refractivity contribution >= 4 is 6.08 Å². The highest BCUT2D eigenvalue weighted by Gasteiger charge is 1.94. The van der Waals surface area contributed by atoms with Gasteiger partial charge in [0.2, 0.25) is 0 Å². The molecular formula is C16H25N. The van der Waals surface area contributed by atoms with Crippen LogP contribution < -0.4 is 5.32 Å². The molecule has 1 nitrogen and oxygen atoms in total. The summed E-state index contributed by atoms with van der Waals surface area (Å²) in [4.78, 5) is 0. The van der Waals surface area contributed by atoms with Crippen molar-refractivity contribution in [3.05, 3.63) is 41.0 Å². The molecule has 0 spiro atoms. The predicted octanol–water partition coefficient (Wildman–Crippen LogP) is 3.95. The Kier molecular flexibility index (Phi) is 5.99. The average molecular weight is 231 g/mol. The molecule has 0 aliphatic rings. The fraction of sp³-hybridized carbons (Fsp3) is 0.500.